The summed E-state index contributed by atoms with van der Waals surface area (Å²) in [6.45, 7) is 8.28. The number of anilines is 1. The largest absolute Gasteiger partial charge is 0.495 e. The molecule has 1 aromatic carbocycles. The molecule has 1 atom stereocenters. The summed E-state index contributed by atoms with van der Waals surface area (Å²) in [6.07, 6.45) is 0. The third-order valence-electron chi connectivity index (χ3n) is 6.00. The highest BCUT2D eigenvalue weighted by Crippen LogP contribution is 2.31. The molecule has 1 amide bonds. The normalized spacial score (nSPS) is 16.2. The number of rotatable bonds is 5. The fourth-order valence-electron chi connectivity index (χ4n) is 4.14. The first-order valence-electron chi connectivity index (χ1n) is 10.8. The molecule has 0 spiro atoms. The van der Waals surface area contributed by atoms with Crippen molar-refractivity contribution < 1.29 is 9.53 Å². The van der Waals surface area contributed by atoms with Crippen molar-refractivity contribution >= 4 is 39.1 Å². The summed E-state index contributed by atoms with van der Waals surface area (Å²) in [4.78, 5) is 22.0. The first kappa shape index (κ1) is 23.6. The number of ether oxygens (including phenoxy) is 1. The van der Waals surface area contributed by atoms with Crippen LogP contribution in [0.15, 0.2) is 40.9 Å². The van der Waals surface area contributed by atoms with Gasteiger partial charge in [-0.1, -0.05) is 17.7 Å². The molecule has 1 saturated heterocycles. The molecule has 33 heavy (non-hydrogen) atoms. The fraction of sp³-hybridized carbons (Fsp3) is 0.375. The minimum atomic E-state index is 0.0534. The Bertz CT molecular complexity index is 1180. The molecule has 4 rings (SSSR count). The lowest BCUT2D eigenvalue weighted by molar-refractivity contribution is -0.134. The van der Waals surface area contributed by atoms with Gasteiger partial charge in [-0.2, -0.15) is 5.10 Å². The van der Waals surface area contributed by atoms with E-state index in [2.05, 4.69) is 32.7 Å². The van der Waals surface area contributed by atoms with Gasteiger partial charge in [0.05, 0.1) is 28.0 Å². The van der Waals surface area contributed by atoms with Crippen LogP contribution in [-0.2, 0) is 11.3 Å². The minimum Gasteiger partial charge on any atom is -0.495 e. The number of carbonyl (C=O) groups is 1. The summed E-state index contributed by atoms with van der Waals surface area (Å²) in [7, 11) is 1.61. The summed E-state index contributed by atoms with van der Waals surface area (Å²) < 4.78 is 7.97. The van der Waals surface area contributed by atoms with Gasteiger partial charge in [-0.3, -0.25) is 14.5 Å². The van der Waals surface area contributed by atoms with E-state index >= 15 is 0 Å². The number of carbonyl (C=O) groups excluding carboxylic acids is 1. The molecule has 174 valence electrons. The van der Waals surface area contributed by atoms with E-state index in [0.717, 1.165) is 46.0 Å². The number of pyridine rings is 1. The van der Waals surface area contributed by atoms with Gasteiger partial charge in [0.1, 0.15) is 18.0 Å². The van der Waals surface area contributed by atoms with Crippen LogP contribution >= 0.6 is 27.5 Å². The van der Waals surface area contributed by atoms with Crippen LogP contribution in [-0.4, -0.2) is 58.4 Å². The number of nitrogens with zero attached hydrogens (tertiary/aromatic N) is 5. The van der Waals surface area contributed by atoms with E-state index < -0.39 is 0 Å². The molecule has 7 nitrogen and oxygen atoms in total. The molecule has 1 fully saturated rings. The second-order valence-electron chi connectivity index (χ2n) is 8.27. The highest BCUT2D eigenvalue weighted by atomic mass is 79.9. The fourth-order valence-corrected chi connectivity index (χ4v) is 4.83. The smallest absolute Gasteiger partial charge is 0.244 e. The summed E-state index contributed by atoms with van der Waals surface area (Å²) in [5.41, 5.74) is 4.40. The van der Waals surface area contributed by atoms with Crippen LogP contribution in [0.3, 0.4) is 0 Å². The quantitative estimate of drug-likeness (QED) is 0.476. The number of aryl methyl sites for hydroxylation is 1. The molecule has 0 saturated carbocycles. The van der Waals surface area contributed by atoms with Gasteiger partial charge < -0.3 is 14.5 Å². The number of amides is 1. The first-order valence-corrected chi connectivity index (χ1v) is 12.0. The number of methoxy groups -OCH3 is 1. The van der Waals surface area contributed by atoms with Gasteiger partial charge in [0.15, 0.2) is 0 Å². The molecule has 0 N–H and O–H groups in total. The second kappa shape index (κ2) is 9.73. The Balaban J connectivity index is 1.46. The molecule has 0 aliphatic carbocycles. The monoisotopic (exact) mass is 531 g/mol. The van der Waals surface area contributed by atoms with Gasteiger partial charge >= 0.3 is 0 Å². The average Bonchev–Trinajstić information content (AvgIpc) is 3.07. The molecule has 2 aromatic heterocycles. The van der Waals surface area contributed by atoms with E-state index in [9.17, 15) is 4.79 Å². The molecule has 0 unspecified atom stereocenters. The molecule has 3 heterocycles. The minimum absolute atomic E-state index is 0.0534. The molecule has 0 radical (unpaired) electrons. The molecular weight excluding hydrogens is 506 g/mol. The van der Waals surface area contributed by atoms with E-state index in [1.54, 1.807) is 11.8 Å². The Kier molecular flexibility index (Phi) is 6.95. The molecule has 0 bridgehead atoms. The van der Waals surface area contributed by atoms with E-state index in [4.69, 9.17) is 21.4 Å². The Morgan fingerprint density at radius 1 is 1.24 bits per heavy atom. The average molecular weight is 533 g/mol. The second-order valence-corrected chi connectivity index (χ2v) is 9.47. The maximum atomic E-state index is 13.2. The van der Waals surface area contributed by atoms with Crippen LogP contribution in [0.2, 0.25) is 5.02 Å². The van der Waals surface area contributed by atoms with Gasteiger partial charge in [-0.25, -0.2) is 0 Å². The maximum Gasteiger partial charge on any atom is 0.244 e. The molecular formula is C24H27BrClN5O2. The summed E-state index contributed by atoms with van der Waals surface area (Å²) in [5, 5.41) is 5.28. The molecule has 3 aromatic rings. The number of benzene rings is 1. The van der Waals surface area contributed by atoms with Crippen molar-refractivity contribution in [1.82, 2.24) is 19.7 Å². The zero-order valence-corrected chi connectivity index (χ0v) is 21.5. The lowest BCUT2D eigenvalue weighted by Gasteiger charge is -2.41. The number of piperazine rings is 1. The Morgan fingerprint density at radius 3 is 2.73 bits per heavy atom. The van der Waals surface area contributed by atoms with Crippen molar-refractivity contribution in [2.24, 2.45) is 0 Å². The number of aromatic nitrogens is 3. The predicted octanol–water partition coefficient (Wildman–Crippen LogP) is 4.72. The molecule has 9 heteroatoms. The predicted molar refractivity (Wildman–Crippen MR) is 134 cm³/mol. The van der Waals surface area contributed by atoms with Gasteiger partial charge in [0, 0.05) is 43.1 Å². The first-order chi connectivity index (χ1) is 15.8. The zero-order valence-electron chi connectivity index (χ0n) is 19.2. The summed E-state index contributed by atoms with van der Waals surface area (Å²) in [6, 6.07) is 11.7. The van der Waals surface area contributed by atoms with E-state index in [-0.39, 0.29) is 18.5 Å². The Hall–Kier alpha value is -2.58. The number of hydrogen-bond donors (Lipinski definition) is 0. The van der Waals surface area contributed by atoms with Gasteiger partial charge in [0.2, 0.25) is 5.91 Å². The van der Waals surface area contributed by atoms with Crippen LogP contribution < -0.4 is 9.64 Å². The highest BCUT2D eigenvalue weighted by Gasteiger charge is 2.29. The van der Waals surface area contributed by atoms with Crippen LogP contribution in [0, 0.1) is 13.8 Å². The number of halogens is 2. The summed E-state index contributed by atoms with van der Waals surface area (Å²) in [5.74, 6) is 0.705. The standard InChI is InChI=1S/C24H27BrClN5O2/c1-15-6-5-7-20(27-15)24-23(25)17(3)31(28-24)14-22(32)30-11-10-29(13-16(30)2)18-8-9-19(26)21(12-18)33-4/h5-9,12,16H,10-11,13-14H2,1-4H3/t16-/m0/s1. The maximum absolute atomic E-state index is 13.2. The van der Waals surface area contributed by atoms with E-state index in [0.29, 0.717) is 17.3 Å². The van der Waals surface area contributed by atoms with E-state index in [1.807, 2.05) is 55.1 Å². The van der Waals surface area contributed by atoms with Crippen molar-refractivity contribution in [1.29, 1.82) is 0 Å². The van der Waals surface area contributed by atoms with E-state index in [1.165, 1.54) is 0 Å². The van der Waals surface area contributed by atoms with Gasteiger partial charge in [0.25, 0.3) is 0 Å². The third-order valence-corrected chi connectivity index (χ3v) is 7.26. The summed E-state index contributed by atoms with van der Waals surface area (Å²) >= 11 is 9.80. The van der Waals surface area contributed by atoms with Crippen LogP contribution in [0.25, 0.3) is 11.4 Å². The SMILES string of the molecule is COc1cc(N2CCN(C(=O)Cn3nc(-c4cccc(C)n4)c(Br)c3C)[C@@H](C)C2)ccc1Cl. The van der Waals surface area contributed by atoms with Crippen LogP contribution in [0.5, 0.6) is 5.75 Å². The van der Waals surface area contributed by atoms with Gasteiger partial charge in [-0.05, 0) is 61.0 Å². The van der Waals surface area contributed by atoms with Crippen molar-refractivity contribution in [3.8, 4) is 17.1 Å². The number of hydrogen-bond acceptors (Lipinski definition) is 5. The molecule has 1 aliphatic rings. The zero-order chi connectivity index (χ0) is 23.7. The van der Waals surface area contributed by atoms with Crippen LogP contribution in [0.4, 0.5) is 5.69 Å². The highest BCUT2D eigenvalue weighted by molar-refractivity contribution is 9.10. The topological polar surface area (TPSA) is 63.5 Å². The van der Waals surface area contributed by atoms with Crippen molar-refractivity contribution in [2.75, 3.05) is 31.6 Å². The lowest BCUT2D eigenvalue weighted by atomic mass is 10.1. The molecule has 1 aliphatic heterocycles. The van der Waals surface area contributed by atoms with Crippen molar-refractivity contribution in [2.45, 2.75) is 33.4 Å². The Labute approximate surface area is 207 Å². The van der Waals surface area contributed by atoms with Crippen LogP contribution in [0.1, 0.15) is 18.3 Å². The lowest BCUT2D eigenvalue weighted by Crippen LogP contribution is -2.54. The van der Waals surface area contributed by atoms with Crippen molar-refractivity contribution in [3.05, 3.63) is 57.3 Å². The Morgan fingerprint density at radius 2 is 2.03 bits per heavy atom. The van der Waals surface area contributed by atoms with Gasteiger partial charge in [-0.15, -0.1) is 0 Å². The van der Waals surface area contributed by atoms with Crippen molar-refractivity contribution in [3.63, 3.8) is 0 Å². The third kappa shape index (κ3) is 4.87.